The summed E-state index contributed by atoms with van der Waals surface area (Å²) in [7, 11) is 0. The molecule has 0 aliphatic carbocycles. The van der Waals surface area contributed by atoms with Crippen molar-refractivity contribution in [1.82, 2.24) is 4.90 Å². The number of hydrogen-bond donors (Lipinski definition) is 0. The average Bonchev–Trinajstić information content (AvgIpc) is 2.67. The monoisotopic (exact) mass is 286 g/mol. The number of carbonyl (C=O) groups excluding carboxylic acids is 3. The van der Waals surface area contributed by atoms with Crippen LogP contribution in [0.25, 0.3) is 0 Å². The number of likely N-dealkylation sites (tertiary alicyclic amines) is 1. The Bertz CT molecular complexity index is 618. The fourth-order valence-electron chi connectivity index (χ4n) is 3.28. The quantitative estimate of drug-likeness (QED) is 0.778. The van der Waals surface area contributed by atoms with Crippen molar-refractivity contribution in [2.45, 2.75) is 19.3 Å². The molecule has 0 atom stereocenters. The molecule has 110 valence electrons. The minimum Gasteiger partial charge on any atom is -0.339 e. The molecule has 0 bridgehead atoms. The second kappa shape index (κ2) is 4.69. The van der Waals surface area contributed by atoms with E-state index in [4.69, 9.17) is 0 Å². The lowest BCUT2D eigenvalue weighted by atomic mass is 9.74. The van der Waals surface area contributed by atoms with Crippen LogP contribution in [0.1, 0.15) is 19.4 Å². The average molecular weight is 286 g/mol. The summed E-state index contributed by atoms with van der Waals surface area (Å²) in [5, 5.41) is 0. The number of aldehydes is 1. The van der Waals surface area contributed by atoms with E-state index in [1.807, 2.05) is 38.1 Å². The number of nitrogens with zero attached hydrogens (tertiary/aromatic N) is 2. The van der Waals surface area contributed by atoms with Gasteiger partial charge in [0.1, 0.15) is 11.7 Å². The molecule has 0 N–H and O–H groups in total. The molecule has 1 spiro atoms. The van der Waals surface area contributed by atoms with E-state index in [0.29, 0.717) is 13.1 Å². The van der Waals surface area contributed by atoms with E-state index in [1.165, 1.54) is 4.90 Å². The van der Waals surface area contributed by atoms with Crippen LogP contribution in [0.4, 0.5) is 5.69 Å². The molecule has 0 radical (unpaired) electrons. The molecule has 5 heteroatoms. The lowest BCUT2D eigenvalue weighted by Crippen LogP contribution is -2.66. The molecule has 0 saturated carbocycles. The molecular formula is C16H18N2O3. The van der Waals surface area contributed by atoms with Crippen molar-refractivity contribution in [3.05, 3.63) is 29.8 Å². The standard InChI is InChI=1S/C16H18N2O3/c1-11(2)14(20)17-9-16(10-17)12-5-3-4-6-13(12)18(7-8-19)15(16)21/h3-6,8,11H,7,9-10H2,1-2H3. The topological polar surface area (TPSA) is 57.7 Å². The molecule has 5 nitrogen and oxygen atoms in total. The third-order valence-corrected chi connectivity index (χ3v) is 4.35. The Hall–Kier alpha value is -2.17. The largest absolute Gasteiger partial charge is 0.339 e. The van der Waals surface area contributed by atoms with Gasteiger partial charge in [0.25, 0.3) is 0 Å². The van der Waals surface area contributed by atoms with Crippen molar-refractivity contribution in [2.24, 2.45) is 5.92 Å². The van der Waals surface area contributed by atoms with Gasteiger partial charge >= 0.3 is 0 Å². The molecule has 2 aliphatic heterocycles. The Kier molecular flexibility index (Phi) is 3.08. The van der Waals surface area contributed by atoms with E-state index in [1.54, 1.807) is 4.90 Å². The van der Waals surface area contributed by atoms with Crippen molar-refractivity contribution >= 4 is 23.8 Å². The van der Waals surface area contributed by atoms with Crippen LogP contribution in [0.5, 0.6) is 0 Å². The summed E-state index contributed by atoms with van der Waals surface area (Å²) in [6.07, 6.45) is 0.739. The number of fused-ring (bicyclic) bond motifs is 2. The van der Waals surface area contributed by atoms with E-state index in [0.717, 1.165) is 17.5 Å². The second-order valence-corrected chi connectivity index (χ2v) is 6.03. The Balaban J connectivity index is 1.93. The van der Waals surface area contributed by atoms with Crippen LogP contribution in [0.3, 0.4) is 0 Å². The minimum atomic E-state index is -0.649. The van der Waals surface area contributed by atoms with Crippen LogP contribution < -0.4 is 4.90 Å². The van der Waals surface area contributed by atoms with Gasteiger partial charge < -0.3 is 14.6 Å². The number of hydrogen-bond acceptors (Lipinski definition) is 3. The van der Waals surface area contributed by atoms with Gasteiger partial charge in [-0.15, -0.1) is 0 Å². The number of amides is 2. The van der Waals surface area contributed by atoms with Gasteiger partial charge in [0.15, 0.2) is 0 Å². The van der Waals surface area contributed by atoms with E-state index in [-0.39, 0.29) is 24.3 Å². The predicted octanol–water partition coefficient (Wildman–Crippen LogP) is 0.968. The number of rotatable bonds is 3. The van der Waals surface area contributed by atoms with Gasteiger partial charge in [0, 0.05) is 24.7 Å². The van der Waals surface area contributed by atoms with E-state index < -0.39 is 5.41 Å². The summed E-state index contributed by atoms with van der Waals surface area (Å²) in [4.78, 5) is 38.8. The summed E-state index contributed by atoms with van der Waals surface area (Å²) in [6, 6.07) is 7.54. The first-order valence-corrected chi connectivity index (χ1v) is 7.15. The summed E-state index contributed by atoms with van der Waals surface area (Å²) in [5.74, 6) is -0.0662. The van der Waals surface area contributed by atoms with Crippen molar-refractivity contribution in [1.29, 1.82) is 0 Å². The van der Waals surface area contributed by atoms with E-state index >= 15 is 0 Å². The highest BCUT2D eigenvalue weighted by atomic mass is 16.2. The zero-order chi connectivity index (χ0) is 15.2. The summed E-state index contributed by atoms with van der Waals surface area (Å²) in [6.45, 7) is 4.60. The van der Waals surface area contributed by atoms with Gasteiger partial charge in [0.2, 0.25) is 11.8 Å². The Morgan fingerprint density at radius 1 is 1.33 bits per heavy atom. The van der Waals surface area contributed by atoms with Crippen molar-refractivity contribution < 1.29 is 14.4 Å². The highest BCUT2D eigenvalue weighted by Gasteiger charge is 2.58. The van der Waals surface area contributed by atoms with E-state index in [2.05, 4.69) is 0 Å². The summed E-state index contributed by atoms with van der Waals surface area (Å²) >= 11 is 0. The van der Waals surface area contributed by atoms with Crippen LogP contribution in [-0.2, 0) is 19.8 Å². The maximum atomic E-state index is 12.7. The number of benzene rings is 1. The van der Waals surface area contributed by atoms with Crippen molar-refractivity contribution in [2.75, 3.05) is 24.5 Å². The molecule has 1 fully saturated rings. The molecule has 2 heterocycles. The first kappa shape index (κ1) is 13.8. The molecule has 2 amide bonds. The van der Waals surface area contributed by atoms with Crippen molar-refractivity contribution in [3.8, 4) is 0 Å². The Morgan fingerprint density at radius 3 is 2.62 bits per heavy atom. The van der Waals surface area contributed by atoms with Gasteiger partial charge in [-0.3, -0.25) is 9.59 Å². The van der Waals surface area contributed by atoms with Gasteiger partial charge in [0.05, 0.1) is 6.54 Å². The molecule has 2 aliphatic rings. The zero-order valence-corrected chi connectivity index (χ0v) is 12.2. The van der Waals surface area contributed by atoms with Gasteiger partial charge in [-0.1, -0.05) is 32.0 Å². The molecule has 21 heavy (non-hydrogen) atoms. The summed E-state index contributed by atoms with van der Waals surface area (Å²) < 4.78 is 0. The van der Waals surface area contributed by atoms with Gasteiger partial charge in [-0.25, -0.2) is 0 Å². The molecule has 1 saturated heterocycles. The predicted molar refractivity (Wildman–Crippen MR) is 78.0 cm³/mol. The first-order chi connectivity index (χ1) is 10.0. The number of para-hydroxylation sites is 1. The number of anilines is 1. The Labute approximate surface area is 123 Å². The highest BCUT2D eigenvalue weighted by Crippen LogP contribution is 2.47. The normalized spacial score (nSPS) is 18.9. The van der Waals surface area contributed by atoms with Crippen LogP contribution in [0.2, 0.25) is 0 Å². The fourth-order valence-corrected chi connectivity index (χ4v) is 3.28. The molecule has 1 aromatic rings. The maximum absolute atomic E-state index is 12.7. The lowest BCUT2D eigenvalue weighted by molar-refractivity contribution is -0.146. The molecular weight excluding hydrogens is 268 g/mol. The van der Waals surface area contributed by atoms with Crippen molar-refractivity contribution in [3.63, 3.8) is 0 Å². The third kappa shape index (κ3) is 1.80. The fraction of sp³-hybridized carbons (Fsp3) is 0.438. The van der Waals surface area contributed by atoms with Crippen LogP contribution in [0, 0.1) is 5.92 Å². The van der Waals surface area contributed by atoms with E-state index in [9.17, 15) is 14.4 Å². The van der Waals surface area contributed by atoms with Gasteiger partial charge in [-0.2, -0.15) is 0 Å². The zero-order valence-electron chi connectivity index (χ0n) is 12.2. The molecule has 0 unspecified atom stereocenters. The van der Waals surface area contributed by atoms with Crippen LogP contribution in [0.15, 0.2) is 24.3 Å². The van der Waals surface area contributed by atoms with Gasteiger partial charge in [-0.05, 0) is 11.6 Å². The lowest BCUT2D eigenvalue weighted by Gasteiger charge is -2.47. The molecule has 1 aromatic carbocycles. The maximum Gasteiger partial charge on any atom is 0.241 e. The second-order valence-electron chi connectivity index (χ2n) is 6.03. The van der Waals surface area contributed by atoms with Crippen LogP contribution in [-0.4, -0.2) is 42.6 Å². The summed E-state index contributed by atoms with van der Waals surface area (Å²) in [5.41, 5.74) is 1.08. The highest BCUT2D eigenvalue weighted by molar-refractivity contribution is 6.11. The number of carbonyl (C=O) groups is 3. The SMILES string of the molecule is CC(C)C(=O)N1CC2(C1)C(=O)N(CC=O)c1ccccc12. The minimum absolute atomic E-state index is 0.0652. The Morgan fingerprint density at radius 2 is 2.00 bits per heavy atom. The van der Waals surface area contributed by atoms with Crippen LogP contribution >= 0.6 is 0 Å². The third-order valence-electron chi connectivity index (χ3n) is 4.35. The first-order valence-electron chi connectivity index (χ1n) is 7.15. The molecule has 3 rings (SSSR count). The molecule has 0 aromatic heterocycles. The smallest absolute Gasteiger partial charge is 0.241 e.